The molecule has 1 aromatic heterocycles. The SMILES string of the molecule is CCCc1cc(-c2ccc3c(c2)COCC3)cc(C)c1CC(=O)NS(=O)(=O)c1nc2c(s1)CCC1(CC1)C2. The zero-order valence-electron chi connectivity index (χ0n) is 22.1. The summed E-state index contributed by atoms with van der Waals surface area (Å²) in [6.45, 7) is 5.52. The van der Waals surface area contributed by atoms with E-state index in [2.05, 4.69) is 47.0 Å². The van der Waals surface area contributed by atoms with E-state index in [-0.39, 0.29) is 10.8 Å². The second-order valence-corrected chi connectivity index (χ2v) is 14.1. The van der Waals surface area contributed by atoms with Gasteiger partial charge in [-0.1, -0.05) is 37.6 Å². The van der Waals surface area contributed by atoms with Crippen molar-refractivity contribution in [1.82, 2.24) is 9.71 Å². The number of aryl methyl sites for hydroxylation is 3. The van der Waals surface area contributed by atoms with Crippen LogP contribution in [0.4, 0.5) is 0 Å². The van der Waals surface area contributed by atoms with Gasteiger partial charge in [0.05, 0.1) is 25.3 Å². The third-order valence-corrected chi connectivity index (χ3v) is 11.3. The summed E-state index contributed by atoms with van der Waals surface area (Å²) in [6, 6.07) is 10.8. The number of hydrogen-bond donors (Lipinski definition) is 1. The van der Waals surface area contributed by atoms with Gasteiger partial charge in [0.1, 0.15) is 0 Å². The van der Waals surface area contributed by atoms with Crippen molar-refractivity contribution in [2.24, 2.45) is 5.41 Å². The number of ether oxygens (including phenoxy) is 1. The first-order chi connectivity index (χ1) is 18.2. The van der Waals surface area contributed by atoms with Gasteiger partial charge in [0, 0.05) is 4.88 Å². The van der Waals surface area contributed by atoms with Crippen LogP contribution in [-0.2, 0) is 58.3 Å². The molecule has 1 fully saturated rings. The van der Waals surface area contributed by atoms with E-state index in [0.29, 0.717) is 12.0 Å². The molecule has 38 heavy (non-hydrogen) atoms. The van der Waals surface area contributed by atoms with E-state index in [1.807, 2.05) is 6.92 Å². The first kappa shape index (κ1) is 25.7. The fourth-order valence-corrected chi connectivity index (χ4v) is 8.34. The number of nitrogens with one attached hydrogen (secondary N) is 1. The molecule has 8 heteroatoms. The summed E-state index contributed by atoms with van der Waals surface area (Å²) in [5, 5.41) is 0. The average Bonchev–Trinajstić information content (AvgIpc) is 3.49. The Bertz CT molecular complexity index is 1520. The summed E-state index contributed by atoms with van der Waals surface area (Å²) in [4.78, 5) is 18.6. The number of fused-ring (bicyclic) bond motifs is 2. The van der Waals surface area contributed by atoms with Crippen LogP contribution in [-0.4, -0.2) is 25.9 Å². The molecule has 2 heterocycles. The Labute approximate surface area is 228 Å². The zero-order chi connectivity index (χ0) is 26.5. The number of benzene rings is 2. The Morgan fingerprint density at radius 2 is 1.95 bits per heavy atom. The first-order valence-electron chi connectivity index (χ1n) is 13.6. The van der Waals surface area contributed by atoms with E-state index in [4.69, 9.17) is 4.74 Å². The number of hydrogen-bond acceptors (Lipinski definition) is 6. The summed E-state index contributed by atoms with van der Waals surface area (Å²) in [5.41, 5.74) is 9.07. The Hall–Kier alpha value is -2.55. The Kier molecular flexibility index (Phi) is 6.69. The number of amides is 1. The molecule has 1 saturated carbocycles. The van der Waals surface area contributed by atoms with Gasteiger partial charge in [-0.2, -0.15) is 8.42 Å². The van der Waals surface area contributed by atoms with Crippen molar-refractivity contribution < 1.29 is 17.9 Å². The highest BCUT2D eigenvalue weighted by Gasteiger charge is 2.46. The molecule has 1 aliphatic heterocycles. The largest absolute Gasteiger partial charge is 0.376 e. The highest BCUT2D eigenvalue weighted by Crippen LogP contribution is 2.55. The molecule has 6 nitrogen and oxygen atoms in total. The number of carbonyl (C=O) groups excluding carboxylic acids is 1. The molecule has 0 atom stereocenters. The number of aromatic nitrogens is 1. The van der Waals surface area contributed by atoms with Crippen LogP contribution in [0, 0.1) is 12.3 Å². The van der Waals surface area contributed by atoms with E-state index >= 15 is 0 Å². The monoisotopic (exact) mass is 550 g/mol. The second-order valence-electron chi connectivity index (χ2n) is 11.2. The molecule has 200 valence electrons. The van der Waals surface area contributed by atoms with Gasteiger partial charge in [-0.25, -0.2) is 9.71 Å². The lowest BCUT2D eigenvalue weighted by atomic mass is 9.88. The molecule has 1 spiro atoms. The van der Waals surface area contributed by atoms with Gasteiger partial charge in [0.2, 0.25) is 10.2 Å². The fourth-order valence-electron chi connectivity index (χ4n) is 5.97. The van der Waals surface area contributed by atoms with E-state index in [0.717, 1.165) is 83.5 Å². The molecular weight excluding hydrogens is 516 g/mol. The van der Waals surface area contributed by atoms with E-state index < -0.39 is 15.9 Å². The summed E-state index contributed by atoms with van der Waals surface area (Å²) >= 11 is 1.22. The number of sulfonamides is 1. The smallest absolute Gasteiger partial charge is 0.291 e. The zero-order valence-corrected chi connectivity index (χ0v) is 23.7. The van der Waals surface area contributed by atoms with Crippen LogP contribution in [0.2, 0.25) is 0 Å². The third kappa shape index (κ3) is 5.06. The highest BCUT2D eigenvalue weighted by atomic mass is 32.2. The molecule has 3 aliphatic rings. The van der Waals surface area contributed by atoms with Gasteiger partial charge in [0.15, 0.2) is 0 Å². The van der Waals surface area contributed by atoms with Crippen LogP contribution in [0.25, 0.3) is 11.1 Å². The number of rotatable bonds is 7. The summed E-state index contributed by atoms with van der Waals surface area (Å²) in [6.07, 6.45) is 8.00. The normalized spacial score (nSPS) is 17.6. The molecule has 0 radical (unpaired) electrons. The van der Waals surface area contributed by atoms with Gasteiger partial charge in [-0.05, 0) is 102 Å². The minimum absolute atomic E-state index is 0.0193. The maximum Gasteiger partial charge on any atom is 0.291 e. The molecule has 0 saturated heterocycles. The minimum atomic E-state index is -3.99. The van der Waals surface area contributed by atoms with Gasteiger partial charge in [-0.15, -0.1) is 11.3 Å². The lowest BCUT2D eigenvalue weighted by Crippen LogP contribution is -2.32. The van der Waals surface area contributed by atoms with Crippen molar-refractivity contribution in [2.45, 2.75) is 82.6 Å². The molecule has 0 bridgehead atoms. The summed E-state index contributed by atoms with van der Waals surface area (Å²) < 4.78 is 34.1. The van der Waals surface area contributed by atoms with E-state index in [1.54, 1.807) is 0 Å². The molecule has 1 N–H and O–H groups in total. The predicted molar refractivity (Wildman–Crippen MR) is 149 cm³/mol. The van der Waals surface area contributed by atoms with Crippen LogP contribution >= 0.6 is 11.3 Å². The third-order valence-electron chi connectivity index (χ3n) is 8.35. The lowest BCUT2D eigenvalue weighted by Gasteiger charge is -2.19. The van der Waals surface area contributed by atoms with Crippen molar-refractivity contribution >= 4 is 27.3 Å². The van der Waals surface area contributed by atoms with Crippen molar-refractivity contribution in [1.29, 1.82) is 0 Å². The van der Waals surface area contributed by atoms with Gasteiger partial charge in [-0.3, -0.25) is 4.79 Å². The lowest BCUT2D eigenvalue weighted by molar-refractivity contribution is -0.118. The number of thiazole rings is 1. The Morgan fingerprint density at radius 1 is 1.11 bits per heavy atom. The molecule has 0 unspecified atom stereocenters. The molecule has 6 rings (SSSR count). The quantitative estimate of drug-likeness (QED) is 0.422. The van der Waals surface area contributed by atoms with Crippen molar-refractivity contribution in [3.63, 3.8) is 0 Å². The Balaban J connectivity index is 1.22. The number of carbonyl (C=O) groups is 1. The van der Waals surface area contributed by atoms with Crippen LogP contribution in [0.1, 0.15) is 71.0 Å². The van der Waals surface area contributed by atoms with E-state index in [1.165, 1.54) is 35.3 Å². The van der Waals surface area contributed by atoms with Crippen LogP contribution in [0.5, 0.6) is 0 Å². The molecule has 3 aromatic rings. The van der Waals surface area contributed by atoms with Crippen LogP contribution in [0.3, 0.4) is 0 Å². The van der Waals surface area contributed by atoms with Crippen molar-refractivity contribution in [2.75, 3.05) is 6.61 Å². The van der Waals surface area contributed by atoms with Crippen LogP contribution < -0.4 is 4.72 Å². The predicted octanol–water partition coefficient (Wildman–Crippen LogP) is 5.46. The fraction of sp³-hybridized carbons (Fsp3) is 0.467. The summed E-state index contributed by atoms with van der Waals surface area (Å²) in [7, 11) is -3.99. The molecule has 1 amide bonds. The molecular formula is C30H34N2O4S2. The van der Waals surface area contributed by atoms with Gasteiger partial charge in [0.25, 0.3) is 10.0 Å². The second kappa shape index (κ2) is 9.88. The maximum absolute atomic E-state index is 13.1. The Morgan fingerprint density at radius 3 is 2.74 bits per heavy atom. The average molecular weight is 551 g/mol. The minimum Gasteiger partial charge on any atom is -0.376 e. The topological polar surface area (TPSA) is 85.4 Å². The van der Waals surface area contributed by atoms with Gasteiger partial charge >= 0.3 is 0 Å². The van der Waals surface area contributed by atoms with Gasteiger partial charge < -0.3 is 4.74 Å². The standard InChI is InChI=1S/C30H34N2O4S2/c1-3-4-22-15-23(21-6-5-20-8-12-36-18-24(20)14-21)13-19(2)25(22)16-28(33)32-38(34,35)29-31-26-17-30(10-11-30)9-7-27(26)37-29/h5-6,13-15H,3-4,7-12,16-18H2,1-2H3,(H,32,33). The maximum atomic E-state index is 13.1. The van der Waals surface area contributed by atoms with E-state index in [9.17, 15) is 13.2 Å². The van der Waals surface area contributed by atoms with Crippen molar-refractivity contribution in [3.8, 4) is 11.1 Å². The molecule has 2 aromatic carbocycles. The first-order valence-corrected chi connectivity index (χ1v) is 15.9. The number of nitrogens with zero attached hydrogens (tertiary/aromatic N) is 1. The van der Waals surface area contributed by atoms with Crippen LogP contribution in [0.15, 0.2) is 34.7 Å². The summed E-state index contributed by atoms with van der Waals surface area (Å²) in [5.74, 6) is -0.518. The van der Waals surface area contributed by atoms with Crippen molar-refractivity contribution in [3.05, 3.63) is 68.7 Å². The molecule has 2 aliphatic carbocycles. The highest BCUT2D eigenvalue weighted by molar-refractivity contribution is 7.92.